The number of carbonyl (C=O) groups excluding carboxylic acids is 1. The number of carbonyl (C=O) groups is 1. The van der Waals surface area contributed by atoms with E-state index in [2.05, 4.69) is 18.4 Å². The van der Waals surface area contributed by atoms with Crippen LogP contribution in [0.25, 0.3) is 11.0 Å². The predicted octanol–water partition coefficient (Wildman–Crippen LogP) is 1.40. The van der Waals surface area contributed by atoms with Crippen molar-refractivity contribution in [1.82, 2.24) is 14.5 Å². The Morgan fingerprint density at radius 3 is 2.82 bits per heavy atom. The van der Waals surface area contributed by atoms with Crippen LogP contribution in [-0.4, -0.2) is 62.9 Å². The second kappa shape index (κ2) is 9.03. The van der Waals surface area contributed by atoms with E-state index in [1.165, 1.54) is 0 Å². The van der Waals surface area contributed by atoms with Crippen LogP contribution in [0.5, 0.6) is 0 Å². The number of nitrogens with zero attached hydrogens (tertiary/aromatic N) is 3. The number of imidazole rings is 1. The maximum atomic E-state index is 13.0. The third kappa shape index (κ3) is 4.37. The molecule has 7 nitrogen and oxygen atoms in total. The molecule has 1 aromatic heterocycles. The summed E-state index contributed by atoms with van der Waals surface area (Å²) in [6.45, 7) is 6.49. The van der Waals surface area contributed by atoms with Crippen LogP contribution in [0.4, 0.5) is 0 Å². The van der Waals surface area contributed by atoms with E-state index in [1.807, 2.05) is 18.2 Å². The van der Waals surface area contributed by atoms with Crippen molar-refractivity contribution < 1.29 is 15.0 Å². The van der Waals surface area contributed by atoms with Crippen molar-refractivity contribution in [3.05, 3.63) is 29.6 Å². The van der Waals surface area contributed by atoms with E-state index in [0.717, 1.165) is 36.2 Å². The van der Waals surface area contributed by atoms with Crippen molar-refractivity contribution in [2.24, 2.45) is 17.6 Å². The Labute approximate surface area is 166 Å². The van der Waals surface area contributed by atoms with E-state index in [9.17, 15) is 15.0 Å². The standard InChI is InChI=1S/C21H32N4O3/c1-14(2)10-20-23-17-5-4-15(11-18(17)25(20)8-3-7-22)21(28)24-9-6-16(13-26)19(27)12-24/h4-5,11,14,16,19,26-27H,3,6-10,12-13,22H2,1-2H3/t16-,19-/m1/s1. The molecule has 1 aliphatic rings. The lowest BCUT2D eigenvalue weighted by molar-refractivity contribution is 0.000883. The second-order valence-corrected chi connectivity index (χ2v) is 8.17. The summed E-state index contributed by atoms with van der Waals surface area (Å²) in [5.74, 6) is 1.28. The van der Waals surface area contributed by atoms with Gasteiger partial charge in [0, 0.05) is 44.1 Å². The molecule has 0 bridgehead atoms. The summed E-state index contributed by atoms with van der Waals surface area (Å²) in [6.07, 6.45) is 1.66. The molecule has 0 unspecified atom stereocenters. The number of hydrogen-bond donors (Lipinski definition) is 3. The highest BCUT2D eigenvalue weighted by Gasteiger charge is 2.30. The van der Waals surface area contributed by atoms with Crippen LogP contribution < -0.4 is 5.73 Å². The lowest BCUT2D eigenvalue weighted by Crippen LogP contribution is -2.47. The zero-order valence-corrected chi connectivity index (χ0v) is 16.8. The van der Waals surface area contributed by atoms with Gasteiger partial charge in [-0.2, -0.15) is 0 Å². The van der Waals surface area contributed by atoms with Crippen molar-refractivity contribution in [1.29, 1.82) is 0 Å². The molecule has 0 saturated carbocycles. The van der Waals surface area contributed by atoms with Crippen LogP contribution in [-0.2, 0) is 13.0 Å². The maximum absolute atomic E-state index is 13.0. The molecule has 1 amide bonds. The summed E-state index contributed by atoms with van der Waals surface area (Å²) < 4.78 is 2.19. The number of aromatic nitrogens is 2. The third-order valence-electron chi connectivity index (χ3n) is 5.49. The number of likely N-dealkylation sites (tertiary alicyclic amines) is 1. The Morgan fingerprint density at radius 1 is 1.39 bits per heavy atom. The van der Waals surface area contributed by atoms with Crippen LogP contribution in [0.2, 0.25) is 0 Å². The second-order valence-electron chi connectivity index (χ2n) is 8.17. The number of aliphatic hydroxyl groups excluding tert-OH is 2. The van der Waals surface area contributed by atoms with Crippen LogP contribution in [0.15, 0.2) is 18.2 Å². The van der Waals surface area contributed by atoms with Gasteiger partial charge in [-0.3, -0.25) is 4.79 Å². The molecule has 0 aliphatic carbocycles. The lowest BCUT2D eigenvalue weighted by Gasteiger charge is -2.35. The third-order valence-corrected chi connectivity index (χ3v) is 5.49. The van der Waals surface area contributed by atoms with Gasteiger partial charge in [-0.1, -0.05) is 13.8 Å². The van der Waals surface area contributed by atoms with Crippen molar-refractivity contribution in [3.63, 3.8) is 0 Å². The van der Waals surface area contributed by atoms with Crippen LogP contribution >= 0.6 is 0 Å². The summed E-state index contributed by atoms with van der Waals surface area (Å²) in [4.78, 5) is 19.5. The van der Waals surface area contributed by atoms with E-state index in [1.54, 1.807) is 4.90 Å². The zero-order valence-electron chi connectivity index (χ0n) is 16.8. The van der Waals surface area contributed by atoms with Crippen molar-refractivity contribution in [2.45, 2.75) is 45.8 Å². The highest BCUT2D eigenvalue weighted by molar-refractivity contribution is 5.97. The average molecular weight is 389 g/mol. The Morgan fingerprint density at radius 2 is 2.18 bits per heavy atom. The van der Waals surface area contributed by atoms with Gasteiger partial charge in [0.2, 0.25) is 0 Å². The Balaban J connectivity index is 1.89. The monoisotopic (exact) mass is 388 g/mol. The number of aliphatic hydroxyl groups is 2. The number of nitrogens with two attached hydrogens (primary N) is 1. The van der Waals surface area contributed by atoms with E-state index in [-0.39, 0.29) is 25.0 Å². The highest BCUT2D eigenvalue weighted by Crippen LogP contribution is 2.23. The fourth-order valence-corrected chi connectivity index (χ4v) is 3.89. The van der Waals surface area contributed by atoms with Gasteiger partial charge in [-0.25, -0.2) is 4.98 Å². The molecule has 3 rings (SSSR count). The Kier molecular flexibility index (Phi) is 6.69. The number of hydrogen-bond acceptors (Lipinski definition) is 5. The number of benzene rings is 1. The summed E-state index contributed by atoms with van der Waals surface area (Å²) in [5.41, 5.74) is 8.17. The van der Waals surface area contributed by atoms with E-state index in [4.69, 9.17) is 10.7 Å². The van der Waals surface area contributed by atoms with Gasteiger partial charge in [0.15, 0.2) is 0 Å². The van der Waals surface area contributed by atoms with Gasteiger partial charge in [-0.05, 0) is 43.5 Å². The predicted molar refractivity (Wildman–Crippen MR) is 109 cm³/mol. The molecule has 7 heteroatoms. The molecule has 154 valence electrons. The number of piperidine rings is 1. The van der Waals surface area contributed by atoms with Gasteiger partial charge in [0.05, 0.1) is 17.1 Å². The van der Waals surface area contributed by atoms with Crippen molar-refractivity contribution >= 4 is 16.9 Å². The molecule has 28 heavy (non-hydrogen) atoms. The molecule has 0 radical (unpaired) electrons. The average Bonchev–Trinajstić information content (AvgIpc) is 3.01. The molecule has 2 aromatic rings. The quantitative estimate of drug-likeness (QED) is 0.665. The number of β-amino-alcohol motifs (C(OH)–C–C–N with tert-alkyl or cyclic N) is 1. The fraction of sp³-hybridized carbons (Fsp3) is 0.619. The van der Waals surface area contributed by atoms with Gasteiger partial charge in [-0.15, -0.1) is 0 Å². The number of amides is 1. The Hall–Kier alpha value is -1.96. The maximum Gasteiger partial charge on any atom is 0.254 e. The molecule has 1 saturated heterocycles. The molecule has 1 fully saturated rings. The van der Waals surface area contributed by atoms with Crippen LogP contribution in [0, 0.1) is 11.8 Å². The first-order valence-electron chi connectivity index (χ1n) is 10.2. The van der Waals surface area contributed by atoms with E-state index < -0.39 is 6.10 Å². The largest absolute Gasteiger partial charge is 0.396 e. The molecule has 2 heterocycles. The fourth-order valence-electron chi connectivity index (χ4n) is 3.89. The number of rotatable bonds is 7. The minimum absolute atomic E-state index is 0.0475. The van der Waals surface area contributed by atoms with E-state index in [0.29, 0.717) is 31.0 Å². The van der Waals surface area contributed by atoms with Crippen molar-refractivity contribution in [2.75, 3.05) is 26.2 Å². The Bertz CT molecular complexity index is 817. The molecule has 1 aromatic carbocycles. The molecule has 4 N–H and O–H groups in total. The van der Waals surface area contributed by atoms with Gasteiger partial charge >= 0.3 is 0 Å². The normalized spacial score (nSPS) is 20.3. The molecule has 2 atom stereocenters. The first-order valence-corrected chi connectivity index (χ1v) is 10.2. The van der Waals surface area contributed by atoms with Crippen LogP contribution in [0.3, 0.4) is 0 Å². The first kappa shape index (κ1) is 20.8. The summed E-state index contributed by atoms with van der Waals surface area (Å²) in [6, 6.07) is 5.63. The molecular weight excluding hydrogens is 356 g/mol. The molecular formula is C21H32N4O3. The van der Waals surface area contributed by atoms with Gasteiger partial charge in [0.25, 0.3) is 5.91 Å². The zero-order chi connectivity index (χ0) is 20.3. The summed E-state index contributed by atoms with van der Waals surface area (Å²) in [5, 5.41) is 19.5. The number of fused-ring (bicyclic) bond motifs is 1. The minimum Gasteiger partial charge on any atom is -0.396 e. The van der Waals surface area contributed by atoms with Crippen LogP contribution in [0.1, 0.15) is 42.9 Å². The first-order chi connectivity index (χ1) is 13.4. The summed E-state index contributed by atoms with van der Waals surface area (Å²) >= 11 is 0. The lowest BCUT2D eigenvalue weighted by atomic mass is 9.94. The van der Waals surface area contributed by atoms with E-state index >= 15 is 0 Å². The molecule has 1 aliphatic heterocycles. The highest BCUT2D eigenvalue weighted by atomic mass is 16.3. The minimum atomic E-state index is -0.681. The van der Waals surface area contributed by atoms with Crippen molar-refractivity contribution in [3.8, 4) is 0 Å². The topological polar surface area (TPSA) is 105 Å². The van der Waals surface area contributed by atoms with Gasteiger partial charge in [0.1, 0.15) is 5.82 Å². The smallest absolute Gasteiger partial charge is 0.254 e. The van der Waals surface area contributed by atoms with Gasteiger partial charge < -0.3 is 25.4 Å². The summed E-state index contributed by atoms with van der Waals surface area (Å²) in [7, 11) is 0. The SMILES string of the molecule is CC(C)Cc1nc2ccc(C(=O)N3CC[C@H](CO)[C@H](O)C3)cc2n1CCCN. The molecule has 0 spiro atoms. The number of aryl methyl sites for hydroxylation is 1.